The zero-order chi connectivity index (χ0) is 18.4. The number of sulfonamides is 1. The normalized spacial score (nSPS) is 18.1. The number of carboxylic acids is 1. The number of carboxylic acid groups (broad SMARTS) is 1. The van der Waals surface area contributed by atoms with Crippen LogP contribution in [0.1, 0.15) is 23.2 Å². The first kappa shape index (κ1) is 19.4. The van der Waals surface area contributed by atoms with E-state index in [2.05, 4.69) is 4.72 Å². The summed E-state index contributed by atoms with van der Waals surface area (Å²) in [5.74, 6) is -1.74. The number of methoxy groups -OCH3 is 1. The number of aliphatic carboxylic acids is 1. The third-order valence-corrected chi connectivity index (χ3v) is 5.54. The first-order valence-electron chi connectivity index (χ1n) is 7.96. The van der Waals surface area contributed by atoms with Gasteiger partial charge in [-0.15, -0.1) is 0 Å². The molecule has 9 heteroatoms. The standard InChI is InChI=1S/C16H22N2O6S/c1-24-10-8-17-25(22,23)14-6-4-12(5-7-14)15(19)18-9-2-3-13(11-18)16(20)21/h4-7,13,17H,2-3,8-11H2,1H3,(H,20,21)/t13-/m0/s1. The van der Waals surface area contributed by atoms with Gasteiger partial charge in [-0.3, -0.25) is 9.59 Å². The lowest BCUT2D eigenvalue weighted by Gasteiger charge is -2.30. The molecule has 0 bridgehead atoms. The Morgan fingerprint density at radius 1 is 1.32 bits per heavy atom. The van der Waals surface area contributed by atoms with Crippen molar-refractivity contribution in [3.05, 3.63) is 29.8 Å². The van der Waals surface area contributed by atoms with Gasteiger partial charge in [0.15, 0.2) is 0 Å². The van der Waals surface area contributed by atoms with Crippen LogP contribution in [-0.4, -0.2) is 63.7 Å². The van der Waals surface area contributed by atoms with Crippen molar-refractivity contribution in [3.8, 4) is 0 Å². The highest BCUT2D eigenvalue weighted by Gasteiger charge is 2.28. The van der Waals surface area contributed by atoms with Gasteiger partial charge >= 0.3 is 5.97 Å². The van der Waals surface area contributed by atoms with Gasteiger partial charge in [0.05, 0.1) is 17.4 Å². The van der Waals surface area contributed by atoms with E-state index in [0.717, 1.165) is 0 Å². The van der Waals surface area contributed by atoms with Gasteiger partial charge in [0.1, 0.15) is 0 Å². The molecule has 25 heavy (non-hydrogen) atoms. The van der Waals surface area contributed by atoms with Crippen molar-refractivity contribution in [1.29, 1.82) is 0 Å². The molecule has 0 spiro atoms. The van der Waals surface area contributed by atoms with E-state index in [1.165, 1.54) is 36.3 Å². The number of piperidine rings is 1. The van der Waals surface area contributed by atoms with Gasteiger partial charge in [-0.1, -0.05) is 0 Å². The van der Waals surface area contributed by atoms with Crippen molar-refractivity contribution in [3.63, 3.8) is 0 Å². The van der Waals surface area contributed by atoms with Crippen LogP contribution >= 0.6 is 0 Å². The zero-order valence-corrected chi connectivity index (χ0v) is 14.8. The Labute approximate surface area is 146 Å². The summed E-state index contributed by atoms with van der Waals surface area (Å²) >= 11 is 0. The predicted molar refractivity (Wildman–Crippen MR) is 89.8 cm³/mol. The number of likely N-dealkylation sites (tertiary alicyclic amines) is 1. The van der Waals surface area contributed by atoms with Crippen molar-refractivity contribution >= 4 is 21.9 Å². The number of carbonyl (C=O) groups is 2. The molecule has 1 amide bonds. The van der Waals surface area contributed by atoms with E-state index in [9.17, 15) is 18.0 Å². The molecule has 1 heterocycles. The van der Waals surface area contributed by atoms with Crippen LogP contribution in [0.3, 0.4) is 0 Å². The number of nitrogens with one attached hydrogen (secondary N) is 1. The van der Waals surface area contributed by atoms with Crippen LogP contribution in [0.25, 0.3) is 0 Å². The highest BCUT2D eigenvalue weighted by atomic mass is 32.2. The largest absolute Gasteiger partial charge is 0.481 e. The number of amides is 1. The molecule has 0 unspecified atom stereocenters. The number of hydrogen-bond donors (Lipinski definition) is 2. The fraction of sp³-hybridized carbons (Fsp3) is 0.500. The van der Waals surface area contributed by atoms with Crippen LogP contribution in [0.4, 0.5) is 0 Å². The lowest BCUT2D eigenvalue weighted by molar-refractivity contribution is -0.143. The van der Waals surface area contributed by atoms with E-state index in [1.54, 1.807) is 0 Å². The highest BCUT2D eigenvalue weighted by molar-refractivity contribution is 7.89. The second-order valence-electron chi connectivity index (χ2n) is 5.84. The van der Waals surface area contributed by atoms with Crippen LogP contribution < -0.4 is 4.72 Å². The van der Waals surface area contributed by atoms with Gasteiger partial charge < -0.3 is 14.7 Å². The third-order valence-electron chi connectivity index (χ3n) is 4.07. The minimum Gasteiger partial charge on any atom is -0.481 e. The number of nitrogens with zero attached hydrogens (tertiary/aromatic N) is 1. The fourth-order valence-electron chi connectivity index (χ4n) is 2.68. The summed E-state index contributed by atoms with van der Waals surface area (Å²) in [4.78, 5) is 25.2. The van der Waals surface area contributed by atoms with Crippen molar-refractivity contribution in [2.75, 3.05) is 33.4 Å². The van der Waals surface area contributed by atoms with Crippen molar-refractivity contribution in [2.45, 2.75) is 17.7 Å². The SMILES string of the molecule is COCCNS(=O)(=O)c1ccc(C(=O)N2CCC[C@H](C(=O)O)C2)cc1. The molecule has 0 aliphatic carbocycles. The van der Waals surface area contributed by atoms with Crippen LogP contribution in [0.2, 0.25) is 0 Å². The van der Waals surface area contributed by atoms with Crippen molar-refractivity contribution in [1.82, 2.24) is 9.62 Å². The second-order valence-corrected chi connectivity index (χ2v) is 7.61. The molecule has 2 rings (SSSR count). The molecule has 1 aromatic carbocycles. The van der Waals surface area contributed by atoms with Crippen LogP contribution in [0.15, 0.2) is 29.2 Å². The maximum Gasteiger partial charge on any atom is 0.308 e. The molecule has 0 saturated carbocycles. The highest BCUT2D eigenvalue weighted by Crippen LogP contribution is 2.19. The van der Waals surface area contributed by atoms with E-state index < -0.39 is 21.9 Å². The first-order valence-corrected chi connectivity index (χ1v) is 9.44. The summed E-state index contributed by atoms with van der Waals surface area (Å²) in [6.45, 7) is 1.09. The smallest absolute Gasteiger partial charge is 0.308 e. The summed E-state index contributed by atoms with van der Waals surface area (Å²) in [7, 11) is -2.18. The molecule has 1 aliphatic rings. The molecule has 0 aromatic heterocycles. The Morgan fingerprint density at radius 3 is 2.60 bits per heavy atom. The molecular formula is C16H22N2O6S. The number of hydrogen-bond acceptors (Lipinski definition) is 5. The fourth-order valence-corrected chi connectivity index (χ4v) is 3.70. The average Bonchev–Trinajstić information content (AvgIpc) is 2.61. The van der Waals surface area contributed by atoms with Crippen LogP contribution in [0, 0.1) is 5.92 Å². The Morgan fingerprint density at radius 2 is 2.00 bits per heavy atom. The first-order chi connectivity index (χ1) is 11.8. The molecule has 0 radical (unpaired) electrons. The van der Waals surface area contributed by atoms with Gasteiger partial charge in [-0.05, 0) is 37.1 Å². The summed E-state index contributed by atoms with van der Waals surface area (Å²) in [5, 5.41) is 9.10. The lowest BCUT2D eigenvalue weighted by atomic mass is 9.97. The van der Waals surface area contributed by atoms with Gasteiger partial charge in [0, 0.05) is 32.3 Å². The van der Waals surface area contributed by atoms with Gasteiger partial charge in [-0.2, -0.15) is 0 Å². The number of ether oxygens (including phenoxy) is 1. The Hall–Kier alpha value is -1.97. The molecule has 2 N–H and O–H groups in total. The molecule has 1 atom stereocenters. The van der Waals surface area contributed by atoms with Gasteiger partial charge in [0.2, 0.25) is 10.0 Å². The van der Waals surface area contributed by atoms with E-state index in [4.69, 9.17) is 9.84 Å². The summed E-state index contributed by atoms with van der Waals surface area (Å²) in [6, 6.07) is 5.61. The van der Waals surface area contributed by atoms with Crippen LogP contribution in [-0.2, 0) is 19.6 Å². The molecule has 1 aliphatic heterocycles. The Kier molecular flexibility index (Phi) is 6.51. The lowest BCUT2D eigenvalue weighted by Crippen LogP contribution is -2.42. The van der Waals surface area contributed by atoms with Gasteiger partial charge in [0.25, 0.3) is 5.91 Å². The molecule has 138 valence electrons. The maximum atomic E-state index is 12.5. The number of benzene rings is 1. The summed E-state index contributed by atoms with van der Waals surface area (Å²) in [6.07, 6.45) is 1.20. The molecule has 8 nitrogen and oxygen atoms in total. The number of carbonyl (C=O) groups excluding carboxylic acids is 1. The molecule has 1 aromatic rings. The topological polar surface area (TPSA) is 113 Å². The number of rotatable bonds is 7. The van der Waals surface area contributed by atoms with E-state index in [1.807, 2.05) is 0 Å². The van der Waals surface area contributed by atoms with Gasteiger partial charge in [-0.25, -0.2) is 13.1 Å². The second kappa shape index (κ2) is 8.41. The third kappa shape index (κ3) is 5.00. The van der Waals surface area contributed by atoms with Crippen LogP contribution in [0.5, 0.6) is 0 Å². The van der Waals surface area contributed by atoms with Crippen molar-refractivity contribution in [2.24, 2.45) is 5.92 Å². The monoisotopic (exact) mass is 370 g/mol. The quantitative estimate of drug-likeness (QED) is 0.678. The molecule has 1 fully saturated rings. The Bertz CT molecular complexity index is 717. The minimum absolute atomic E-state index is 0.0576. The zero-order valence-electron chi connectivity index (χ0n) is 14.0. The summed E-state index contributed by atoms with van der Waals surface area (Å²) < 4.78 is 31.4. The van der Waals surface area contributed by atoms with E-state index >= 15 is 0 Å². The maximum absolute atomic E-state index is 12.5. The summed E-state index contributed by atoms with van der Waals surface area (Å²) in [5.41, 5.74) is 0.335. The van der Waals surface area contributed by atoms with E-state index in [0.29, 0.717) is 24.9 Å². The average molecular weight is 370 g/mol. The molecule has 1 saturated heterocycles. The van der Waals surface area contributed by atoms with E-state index in [-0.39, 0.29) is 30.5 Å². The van der Waals surface area contributed by atoms with Crippen molar-refractivity contribution < 1.29 is 27.9 Å². The predicted octanol–water partition coefficient (Wildman–Crippen LogP) is 0.548. The minimum atomic E-state index is -3.65. The Balaban J connectivity index is 2.06. The molecular weight excluding hydrogens is 348 g/mol.